The van der Waals surface area contributed by atoms with Gasteiger partial charge in [0.2, 0.25) is 0 Å². The van der Waals surface area contributed by atoms with Crippen molar-refractivity contribution in [3.63, 3.8) is 0 Å². The summed E-state index contributed by atoms with van der Waals surface area (Å²) >= 11 is 0. The van der Waals surface area contributed by atoms with Crippen molar-refractivity contribution in [2.75, 3.05) is 0 Å². The molecule has 1 N–H and O–H groups in total. The minimum Gasteiger partial charge on any atom is -0.472 e. The van der Waals surface area contributed by atoms with Crippen LogP contribution < -0.4 is 0 Å². The minimum absolute atomic E-state index is 0.690. The first-order valence-corrected chi connectivity index (χ1v) is 8.45. The zero-order chi connectivity index (χ0) is 15.6. The van der Waals surface area contributed by atoms with E-state index in [9.17, 15) is 4.79 Å². The molecule has 21 heavy (non-hydrogen) atoms. The molecule has 0 aromatic carbocycles. The van der Waals surface area contributed by atoms with Crippen LogP contribution in [0.5, 0.6) is 0 Å². The molecule has 0 atom stereocenters. The predicted octanol–water partition coefficient (Wildman–Crippen LogP) is 5.17. The number of carbonyl (C=O) groups is 1. The van der Waals surface area contributed by atoms with Gasteiger partial charge in [-0.25, -0.2) is 4.79 Å². The molecule has 0 aromatic rings. The van der Waals surface area contributed by atoms with Crippen molar-refractivity contribution in [2.45, 2.75) is 90.4 Å². The lowest BCUT2D eigenvalue weighted by molar-refractivity contribution is -0.130. The molecule has 118 valence electrons. The molecule has 0 aliphatic rings. The van der Waals surface area contributed by atoms with Crippen LogP contribution in [0, 0.1) is 23.7 Å². The van der Waals surface area contributed by atoms with Crippen molar-refractivity contribution in [1.82, 2.24) is 0 Å². The quantitative estimate of drug-likeness (QED) is 0.421. The molecule has 0 fully saturated rings. The molecular formula is C19H30O2. The summed E-state index contributed by atoms with van der Waals surface area (Å²) in [6, 6.07) is 0. The number of hydrogen-bond donors (Lipinski definition) is 1. The number of rotatable bonds is 11. The van der Waals surface area contributed by atoms with E-state index in [2.05, 4.69) is 30.6 Å². The Morgan fingerprint density at radius 3 is 1.62 bits per heavy atom. The molecule has 0 aliphatic heterocycles. The molecule has 0 radical (unpaired) electrons. The van der Waals surface area contributed by atoms with Crippen molar-refractivity contribution in [1.29, 1.82) is 0 Å². The molecule has 0 heterocycles. The molecule has 0 aliphatic carbocycles. The Bertz CT molecular complexity index is 362. The average molecular weight is 290 g/mol. The third kappa shape index (κ3) is 18.6. The van der Waals surface area contributed by atoms with Crippen LogP contribution in [-0.2, 0) is 4.79 Å². The predicted molar refractivity (Wildman–Crippen MR) is 88.9 cm³/mol. The van der Waals surface area contributed by atoms with E-state index in [4.69, 9.17) is 5.11 Å². The first-order valence-electron chi connectivity index (χ1n) is 8.45. The van der Waals surface area contributed by atoms with Gasteiger partial charge in [-0.2, -0.15) is 0 Å². The third-order valence-electron chi connectivity index (χ3n) is 3.33. The molecule has 0 unspecified atom stereocenters. The highest BCUT2D eigenvalue weighted by molar-refractivity contribution is 5.86. The largest absolute Gasteiger partial charge is 0.472 e. The summed E-state index contributed by atoms with van der Waals surface area (Å²) in [5.41, 5.74) is 0. The van der Waals surface area contributed by atoms with Gasteiger partial charge in [-0.15, -0.1) is 11.8 Å². The smallest absolute Gasteiger partial charge is 0.381 e. The number of aliphatic carboxylic acids is 1. The highest BCUT2D eigenvalue weighted by atomic mass is 16.4. The number of hydrogen-bond acceptors (Lipinski definition) is 1. The van der Waals surface area contributed by atoms with E-state index in [-0.39, 0.29) is 0 Å². The molecule has 0 rings (SSSR count). The zero-order valence-electron chi connectivity index (χ0n) is 13.5. The Balaban J connectivity index is 3.20. The van der Waals surface area contributed by atoms with Crippen LogP contribution in [-0.4, -0.2) is 11.1 Å². The van der Waals surface area contributed by atoms with Crippen LogP contribution in [0.3, 0.4) is 0 Å². The van der Waals surface area contributed by atoms with Crippen LogP contribution in [0.1, 0.15) is 90.4 Å². The number of carboxylic acids is 1. The Hall–Kier alpha value is -1.41. The van der Waals surface area contributed by atoms with Gasteiger partial charge < -0.3 is 5.11 Å². The van der Waals surface area contributed by atoms with Crippen LogP contribution >= 0.6 is 0 Å². The topological polar surface area (TPSA) is 37.3 Å². The summed E-state index contributed by atoms with van der Waals surface area (Å²) < 4.78 is 0. The fraction of sp³-hybridized carbons (Fsp3) is 0.737. The summed E-state index contributed by atoms with van der Waals surface area (Å²) in [7, 11) is 0. The first kappa shape index (κ1) is 19.6. The summed E-state index contributed by atoms with van der Waals surface area (Å²) in [6.45, 7) is 2.24. The average Bonchev–Trinajstić information content (AvgIpc) is 2.46. The Morgan fingerprint density at radius 1 is 0.714 bits per heavy atom. The fourth-order valence-electron chi connectivity index (χ4n) is 2.09. The first-order chi connectivity index (χ1) is 10.3. The van der Waals surface area contributed by atoms with Crippen molar-refractivity contribution in [3.8, 4) is 23.7 Å². The lowest BCUT2D eigenvalue weighted by Crippen LogP contribution is -1.86. The zero-order valence-corrected chi connectivity index (χ0v) is 13.5. The standard InChI is InChI=1S/C19H30O2/c1-2-3-4-5-6-7-8-9-10-11-12-13-14-15-16-17-18-19(20)21/h2-8,11-16H2,1H3,(H,20,21). The second-order valence-electron chi connectivity index (χ2n) is 5.39. The summed E-state index contributed by atoms with van der Waals surface area (Å²) in [6.07, 6.45) is 15.2. The van der Waals surface area contributed by atoms with Crippen LogP contribution in [0.4, 0.5) is 0 Å². The summed E-state index contributed by atoms with van der Waals surface area (Å²) in [5.74, 6) is 10.3. The van der Waals surface area contributed by atoms with Gasteiger partial charge in [0.1, 0.15) is 0 Å². The summed E-state index contributed by atoms with van der Waals surface area (Å²) in [4.78, 5) is 10.2. The maximum Gasteiger partial charge on any atom is 0.381 e. The van der Waals surface area contributed by atoms with Gasteiger partial charge >= 0.3 is 5.97 Å². The SMILES string of the molecule is CCCCCCCCC#CCCCCCCC#CC(=O)O. The van der Waals surface area contributed by atoms with Crippen LogP contribution in [0.25, 0.3) is 0 Å². The van der Waals surface area contributed by atoms with Crippen molar-refractivity contribution in [2.24, 2.45) is 0 Å². The highest BCUT2D eigenvalue weighted by Crippen LogP contribution is 2.07. The van der Waals surface area contributed by atoms with E-state index in [1.165, 1.54) is 44.9 Å². The van der Waals surface area contributed by atoms with Crippen molar-refractivity contribution >= 4 is 5.97 Å². The normalized spacial score (nSPS) is 9.38. The van der Waals surface area contributed by atoms with Gasteiger partial charge in [-0.3, -0.25) is 0 Å². The van der Waals surface area contributed by atoms with E-state index in [0.717, 1.165) is 32.1 Å². The van der Waals surface area contributed by atoms with E-state index in [0.29, 0.717) is 6.42 Å². The number of unbranched alkanes of at least 4 members (excludes halogenated alkanes) is 11. The van der Waals surface area contributed by atoms with E-state index >= 15 is 0 Å². The Labute approximate surface area is 130 Å². The molecule has 0 aromatic heterocycles. The fourth-order valence-corrected chi connectivity index (χ4v) is 2.09. The molecule has 2 heteroatoms. The second kappa shape index (κ2) is 16.6. The summed E-state index contributed by atoms with van der Waals surface area (Å²) in [5, 5.41) is 8.34. The molecule has 0 amide bonds. The Morgan fingerprint density at radius 2 is 1.14 bits per heavy atom. The van der Waals surface area contributed by atoms with Gasteiger partial charge in [0.25, 0.3) is 0 Å². The number of carboxylic acid groups (broad SMARTS) is 1. The Kier molecular flexibility index (Phi) is 15.5. The highest BCUT2D eigenvalue weighted by Gasteiger charge is 1.89. The van der Waals surface area contributed by atoms with Gasteiger partial charge in [0.15, 0.2) is 0 Å². The van der Waals surface area contributed by atoms with E-state index in [1.54, 1.807) is 0 Å². The molecule has 2 nitrogen and oxygen atoms in total. The maximum absolute atomic E-state index is 10.2. The molecule has 0 spiro atoms. The van der Waals surface area contributed by atoms with Gasteiger partial charge in [-0.05, 0) is 19.3 Å². The molecule has 0 saturated heterocycles. The maximum atomic E-state index is 10.2. The molecule has 0 saturated carbocycles. The van der Waals surface area contributed by atoms with Gasteiger partial charge in [-0.1, -0.05) is 57.8 Å². The van der Waals surface area contributed by atoms with Crippen molar-refractivity contribution in [3.05, 3.63) is 0 Å². The lowest BCUT2D eigenvalue weighted by atomic mass is 10.1. The van der Waals surface area contributed by atoms with Crippen LogP contribution in [0.15, 0.2) is 0 Å². The molecular weight excluding hydrogens is 260 g/mol. The van der Waals surface area contributed by atoms with Crippen molar-refractivity contribution < 1.29 is 9.90 Å². The minimum atomic E-state index is -1.03. The van der Waals surface area contributed by atoms with Crippen LogP contribution in [0.2, 0.25) is 0 Å². The van der Waals surface area contributed by atoms with Gasteiger partial charge in [0.05, 0.1) is 0 Å². The van der Waals surface area contributed by atoms with Gasteiger partial charge in [0, 0.05) is 25.2 Å². The van der Waals surface area contributed by atoms with E-state index < -0.39 is 5.97 Å². The van der Waals surface area contributed by atoms with E-state index in [1.807, 2.05) is 0 Å². The third-order valence-corrected chi connectivity index (χ3v) is 3.33. The molecule has 0 bridgehead atoms. The lowest BCUT2D eigenvalue weighted by Gasteiger charge is -1.96. The monoisotopic (exact) mass is 290 g/mol. The second-order valence-corrected chi connectivity index (χ2v) is 5.39.